The van der Waals surface area contributed by atoms with Crippen molar-refractivity contribution < 1.29 is 4.39 Å². The zero-order chi connectivity index (χ0) is 10.8. The molecule has 0 N–H and O–H groups in total. The summed E-state index contributed by atoms with van der Waals surface area (Å²) in [5.74, 6) is -0.202. The molecule has 1 heterocycles. The predicted octanol–water partition coefficient (Wildman–Crippen LogP) is 2.88. The molecule has 0 saturated heterocycles. The summed E-state index contributed by atoms with van der Waals surface area (Å²) in [6, 6.07) is 5.30. The van der Waals surface area contributed by atoms with Crippen LogP contribution < -0.4 is 0 Å². The van der Waals surface area contributed by atoms with E-state index in [9.17, 15) is 4.39 Å². The molecule has 1 aromatic carbocycles. The lowest BCUT2D eigenvalue weighted by Crippen LogP contribution is -1.95. The smallest absolute Gasteiger partial charge is 0.147 e. The van der Waals surface area contributed by atoms with E-state index in [-0.39, 0.29) is 5.82 Å². The fourth-order valence-electron chi connectivity index (χ4n) is 1.53. The van der Waals surface area contributed by atoms with Crippen LogP contribution in [-0.4, -0.2) is 9.55 Å². The Labute approximate surface area is 88.4 Å². The Balaban J connectivity index is 2.45. The van der Waals surface area contributed by atoms with Crippen LogP contribution in [0.3, 0.4) is 0 Å². The Morgan fingerprint density at radius 2 is 2.20 bits per heavy atom. The molecule has 0 unspecified atom stereocenters. The number of hydrogen-bond donors (Lipinski definition) is 0. The largest absolute Gasteiger partial charge is 0.303 e. The monoisotopic (exact) mass is 204 g/mol. The third-order valence-electron chi connectivity index (χ3n) is 2.41. The number of aryl methyl sites for hydroxylation is 2. The van der Waals surface area contributed by atoms with Crippen molar-refractivity contribution in [2.75, 3.05) is 0 Å². The molecule has 0 atom stereocenters. The zero-order valence-corrected chi connectivity index (χ0v) is 8.87. The van der Waals surface area contributed by atoms with Gasteiger partial charge in [-0.25, -0.2) is 9.37 Å². The number of aromatic nitrogens is 2. The van der Waals surface area contributed by atoms with Crippen molar-refractivity contribution in [2.45, 2.75) is 20.3 Å². The summed E-state index contributed by atoms with van der Waals surface area (Å²) >= 11 is 0. The maximum Gasteiger partial charge on any atom is 0.147 e. The van der Waals surface area contributed by atoms with E-state index < -0.39 is 0 Å². The van der Waals surface area contributed by atoms with Gasteiger partial charge < -0.3 is 4.57 Å². The fraction of sp³-hybridized carbons (Fsp3) is 0.250. The Hall–Kier alpha value is -1.64. The van der Waals surface area contributed by atoms with Crippen molar-refractivity contribution in [3.05, 3.63) is 47.8 Å². The van der Waals surface area contributed by atoms with Gasteiger partial charge in [0, 0.05) is 6.20 Å². The molecule has 0 aliphatic carbocycles. The molecular weight excluding hydrogens is 191 g/mol. The van der Waals surface area contributed by atoms with Gasteiger partial charge in [-0.05, 0) is 31.0 Å². The minimum absolute atomic E-state index is 0.202. The molecular formula is C12H13FN2. The summed E-state index contributed by atoms with van der Waals surface area (Å²) in [7, 11) is 0. The number of benzene rings is 1. The molecule has 78 valence electrons. The Morgan fingerprint density at radius 1 is 1.40 bits per heavy atom. The minimum atomic E-state index is -0.202. The first-order valence-corrected chi connectivity index (χ1v) is 5.00. The molecule has 0 saturated carbocycles. The van der Waals surface area contributed by atoms with Gasteiger partial charge in [0.15, 0.2) is 0 Å². The van der Waals surface area contributed by atoms with Gasteiger partial charge >= 0.3 is 0 Å². The van der Waals surface area contributed by atoms with E-state index in [1.165, 1.54) is 0 Å². The minimum Gasteiger partial charge on any atom is -0.303 e. The third-order valence-corrected chi connectivity index (χ3v) is 2.41. The van der Waals surface area contributed by atoms with Crippen LogP contribution in [-0.2, 0) is 6.42 Å². The molecule has 0 radical (unpaired) electrons. The molecule has 0 aliphatic rings. The van der Waals surface area contributed by atoms with Gasteiger partial charge in [-0.15, -0.1) is 0 Å². The second-order valence-electron chi connectivity index (χ2n) is 3.56. The molecule has 1 aromatic heterocycles. The number of nitrogens with zero attached hydrogens (tertiary/aromatic N) is 2. The van der Waals surface area contributed by atoms with Gasteiger partial charge in [0.25, 0.3) is 0 Å². The molecule has 2 nitrogen and oxygen atoms in total. The molecule has 0 amide bonds. The molecule has 15 heavy (non-hydrogen) atoms. The zero-order valence-electron chi connectivity index (χ0n) is 8.87. The molecule has 0 spiro atoms. The van der Waals surface area contributed by atoms with Crippen molar-refractivity contribution in [2.24, 2.45) is 0 Å². The first kappa shape index (κ1) is 9.90. The second-order valence-corrected chi connectivity index (χ2v) is 3.56. The molecule has 0 bridgehead atoms. The summed E-state index contributed by atoms with van der Waals surface area (Å²) in [4.78, 5) is 4.07. The van der Waals surface area contributed by atoms with E-state index in [2.05, 4.69) is 4.98 Å². The summed E-state index contributed by atoms with van der Waals surface area (Å²) in [5, 5.41) is 0. The number of halogens is 1. The number of hydrogen-bond acceptors (Lipinski definition) is 1. The van der Waals surface area contributed by atoms with Gasteiger partial charge in [-0.1, -0.05) is 13.0 Å². The van der Waals surface area contributed by atoms with Crippen LogP contribution in [0.25, 0.3) is 5.69 Å². The van der Waals surface area contributed by atoms with Gasteiger partial charge in [0.05, 0.1) is 17.7 Å². The lowest BCUT2D eigenvalue weighted by atomic mass is 10.1. The predicted molar refractivity (Wildman–Crippen MR) is 57.6 cm³/mol. The Morgan fingerprint density at radius 3 is 2.73 bits per heavy atom. The average Bonchev–Trinajstić information content (AvgIpc) is 2.64. The van der Waals surface area contributed by atoms with Gasteiger partial charge in [-0.2, -0.15) is 0 Å². The van der Waals surface area contributed by atoms with Crippen LogP contribution in [0.1, 0.15) is 18.2 Å². The highest BCUT2D eigenvalue weighted by Crippen LogP contribution is 2.15. The summed E-state index contributed by atoms with van der Waals surface area (Å²) in [5.41, 5.74) is 2.44. The highest BCUT2D eigenvalue weighted by molar-refractivity contribution is 5.36. The Bertz CT molecular complexity index is 474. The standard InChI is InChI=1S/C12H13FN2/c1-3-10-4-5-12(11(13)6-10)15-7-9(2)14-8-15/h4-8H,3H2,1-2H3. The molecule has 2 aromatic rings. The van der Waals surface area contributed by atoms with Gasteiger partial charge in [-0.3, -0.25) is 0 Å². The van der Waals surface area contributed by atoms with Crippen LogP contribution in [0.15, 0.2) is 30.7 Å². The van der Waals surface area contributed by atoms with Crippen molar-refractivity contribution in [3.63, 3.8) is 0 Å². The van der Waals surface area contributed by atoms with E-state index in [0.29, 0.717) is 5.69 Å². The van der Waals surface area contributed by atoms with Crippen LogP contribution in [0.5, 0.6) is 0 Å². The number of imidazole rings is 1. The first-order valence-electron chi connectivity index (χ1n) is 5.00. The summed E-state index contributed by atoms with van der Waals surface area (Å²) in [6.45, 7) is 3.89. The fourth-order valence-corrected chi connectivity index (χ4v) is 1.53. The number of rotatable bonds is 2. The highest BCUT2D eigenvalue weighted by atomic mass is 19.1. The quantitative estimate of drug-likeness (QED) is 0.735. The normalized spacial score (nSPS) is 10.6. The molecule has 3 heteroatoms. The van der Waals surface area contributed by atoms with E-state index in [1.54, 1.807) is 23.0 Å². The summed E-state index contributed by atoms with van der Waals surface area (Å²) in [6.07, 6.45) is 4.28. The first-order chi connectivity index (χ1) is 7.20. The van der Waals surface area contributed by atoms with Crippen molar-refractivity contribution in [3.8, 4) is 5.69 Å². The lowest BCUT2D eigenvalue weighted by Gasteiger charge is -2.05. The Kier molecular flexibility index (Phi) is 2.54. The van der Waals surface area contributed by atoms with E-state index in [4.69, 9.17) is 0 Å². The van der Waals surface area contributed by atoms with Crippen LogP contribution in [0, 0.1) is 12.7 Å². The molecule has 2 rings (SSSR count). The van der Waals surface area contributed by atoms with Crippen LogP contribution in [0.4, 0.5) is 4.39 Å². The van der Waals surface area contributed by atoms with Crippen molar-refractivity contribution >= 4 is 0 Å². The summed E-state index contributed by atoms with van der Waals surface area (Å²) < 4.78 is 15.4. The third kappa shape index (κ3) is 1.91. The molecule has 0 aliphatic heterocycles. The van der Waals surface area contributed by atoms with E-state index in [1.807, 2.05) is 26.1 Å². The maximum absolute atomic E-state index is 13.7. The lowest BCUT2D eigenvalue weighted by molar-refractivity contribution is 0.616. The topological polar surface area (TPSA) is 17.8 Å². The van der Waals surface area contributed by atoms with Crippen LogP contribution >= 0.6 is 0 Å². The highest BCUT2D eigenvalue weighted by Gasteiger charge is 2.05. The van der Waals surface area contributed by atoms with Gasteiger partial charge in [0.1, 0.15) is 5.82 Å². The van der Waals surface area contributed by atoms with Crippen LogP contribution in [0.2, 0.25) is 0 Å². The maximum atomic E-state index is 13.7. The SMILES string of the molecule is CCc1ccc(-n2cnc(C)c2)c(F)c1. The van der Waals surface area contributed by atoms with E-state index in [0.717, 1.165) is 17.7 Å². The second kappa shape index (κ2) is 3.85. The van der Waals surface area contributed by atoms with Crippen molar-refractivity contribution in [1.82, 2.24) is 9.55 Å². The molecule has 0 fully saturated rings. The van der Waals surface area contributed by atoms with Gasteiger partial charge in [0.2, 0.25) is 0 Å². The van der Waals surface area contributed by atoms with E-state index >= 15 is 0 Å². The van der Waals surface area contributed by atoms with Crippen molar-refractivity contribution in [1.29, 1.82) is 0 Å². The average molecular weight is 204 g/mol.